The Morgan fingerprint density at radius 3 is 1.70 bits per heavy atom. The van der Waals surface area contributed by atoms with Gasteiger partial charge in [-0.15, -0.1) is 0 Å². The Morgan fingerprint density at radius 1 is 0.667 bits per heavy atom. The van der Waals surface area contributed by atoms with E-state index in [4.69, 9.17) is 16.6 Å². The number of rotatable bonds is 33. The van der Waals surface area contributed by atoms with Crippen molar-refractivity contribution in [2.24, 2.45) is 11.5 Å². The van der Waals surface area contributed by atoms with Gasteiger partial charge in [-0.1, -0.05) is 12.1 Å². The second-order valence-electron chi connectivity index (χ2n) is 14.1. The Morgan fingerprint density at radius 2 is 1.21 bits per heavy atom. The highest BCUT2D eigenvalue weighted by atomic mass is 16.3. The van der Waals surface area contributed by atoms with Crippen LogP contribution >= 0.6 is 0 Å². The van der Waals surface area contributed by atoms with E-state index in [2.05, 4.69) is 53.6 Å². The molecule has 1 aromatic carbocycles. The van der Waals surface area contributed by atoms with Gasteiger partial charge in [0.15, 0.2) is 0 Å². The number of hydrazine groups is 2. The highest BCUT2D eigenvalue weighted by molar-refractivity contribution is 5.96. The lowest BCUT2D eigenvalue weighted by Gasteiger charge is -2.27. The molecule has 8 amide bonds. The number of carbonyl (C=O) groups is 10. The third-order valence-electron chi connectivity index (χ3n) is 8.78. The van der Waals surface area contributed by atoms with Crippen LogP contribution in [0.5, 0.6) is 0 Å². The molecule has 2 unspecified atom stereocenters. The van der Waals surface area contributed by atoms with Gasteiger partial charge in [0.2, 0.25) is 47.3 Å². The van der Waals surface area contributed by atoms with Crippen molar-refractivity contribution in [2.45, 2.75) is 101 Å². The molecule has 1 rings (SSSR count). The summed E-state index contributed by atoms with van der Waals surface area (Å²) >= 11 is 0. The number of primary amides is 2. The van der Waals surface area contributed by atoms with Crippen molar-refractivity contribution < 1.29 is 68.4 Å². The Labute approximate surface area is 362 Å². The van der Waals surface area contributed by atoms with Gasteiger partial charge in [0.1, 0.15) is 42.8 Å². The van der Waals surface area contributed by atoms with Gasteiger partial charge in [-0.05, 0) is 50.3 Å². The van der Waals surface area contributed by atoms with E-state index in [-0.39, 0.29) is 38.3 Å². The fraction of sp³-hybridized carbons (Fsp3) is 0.568. The summed E-state index contributed by atoms with van der Waals surface area (Å²) in [7, 11) is 0. The Bertz CT molecular complexity index is 1690. The van der Waals surface area contributed by atoms with Crippen LogP contribution in [0.4, 0.5) is 5.69 Å². The van der Waals surface area contributed by atoms with E-state index < -0.39 is 116 Å². The van der Waals surface area contributed by atoms with Crippen LogP contribution in [0, 0.1) is 0 Å². The van der Waals surface area contributed by atoms with Crippen LogP contribution in [0.3, 0.4) is 0 Å². The van der Waals surface area contributed by atoms with Gasteiger partial charge in [0, 0.05) is 32.1 Å². The zero-order valence-electron chi connectivity index (χ0n) is 34.9. The van der Waals surface area contributed by atoms with Crippen molar-refractivity contribution in [3.05, 3.63) is 29.8 Å². The summed E-state index contributed by atoms with van der Waals surface area (Å²) in [5.74, 6) is -6.59. The number of hydrogen-bond donors (Lipinski definition) is 16. The van der Waals surface area contributed by atoms with E-state index in [9.17, 15) is 63.3 Å². The van der Waals surface area contributed by atoms with Gasteiger partial charge in [-0.3, -0.25) is 38.4 Å². The van der Waals surface area contributed by atoms with Crippen LogP contribution in [0.25, 0.3) is 0 Å². The molecule has 0 aliphatic carbocycles. The van der Waals surface area contributed by atoms with Gasteiger partial charge >= 0.3 is 0 Å². The lowest BCUT2D eigenvalue weighted by Crippen LogP contribution is -2.62. The second-order valence-corrected chi connectivity index (χ2v) is 14.1. The van der Waals surface area contributed by atoms with Crippen molar-refractivity contribution in [1.29, 1.82) is 0 Å². The minimum absolute atomic E-state index is 0.168. The highest BCUT2D eigenvalue weighted by Gasteiger charge is 2.33. The SMILES string of the molecule is CC(=O)Nc1ccc(CC(NN[C@H](C=O)CO)C(=O)NCCCCNC(=O)CCC(NC(=O)[C@H](CO)NC(=O)[C@@H](NC(=O)[C@H](CC(N)=O)NN[C@H](C=O)CO)[C@@H](C)O)C(N)=O)cc1. The third-order valence-corrected chi connectivity index (χ3v) is 8.78. The molecular formula is C37H60N12O14. The number of hydrogen-bond acceptors (Lipinski definition) is 18. The number of nitrogens with one attached hydrogen (secondary N) is 10. The van der Waals surface area contributed by atoms with Gasteiger partial charge < -0.3 is 73.4 Å². The number of aliphatic hydroxyl groups is 4. The van der Waals surface area contributed by atoms with Crippen molar-refractivity contribution in [1.82, 2.24) is 48.3 Å². The number of benzene rings is 1. The zero-order valence-corrected chi connectivity index (χ0v) is 34.9. The topological polar surface area (TPSA) is 424 Å². The molecule has 0 heterocycles. The van der Waals surface area contributed by atoms with Crippen LogP contribution in [0.2, 0.25) is 0 Å². The summed E-state index contributed by atoms with van der Waals surface area (Å²) in [5, 5.41) is 53.1. The normalized spacial score (nSPS) is 14.8. The summed E-state index contributed by atoms with van der Waals surface area (Å²) in [4.78, 5) is 122. The molecule has 1 aromatic rings. The average Bonchev–Trinajstić information content (AvgIpc) is 3.23. The quantitative estimate of drug-likeness (QED) is 0.0177. The van der Waals surface area contributed by atoms with E-state index in [0.29, 0.717) is 31.1 Å². The van der Waals surface area contributed by atoms with E-state index in [1.165, 1.54) is 6.92 Å². The molecule has 0 spiro atoms. The number of aliphatic hydroxyl groups excluding tert-OH is 4. The first kappa shape index (κ1) is 55.0. The fourth-order valence-electron chi connectivity index (χ4n) is 5.29. The lowest BCUT2D eigenvalue weighted by molar-refractivity contribution is -0.136. The Hall–Kier alpha value is -6.00. The largest absolute Gasteiger partial charge is 0.394 e. The molecule has 63 heavy (non-hydrogen) atoms. The molecule has 0 fully saturated rings. The minimum Gasteiger partial charge on any atom is -0.394 e. The van der Waals surface area contributed by atoms with E-state index in [0.717, 1.165) is 12.5 Å². The first-order valence-electron chi connectivity index (χ1n) is 19.7. The molecule has 0 aliphatic heterocycles. The van der Waals surface area contributed by atoms with Gasteiger partial charge in [0.05, 0.1) is 44.4 Å². The zero-order chi connectivity index (χ0) is 47.5. The summed E-state index contributed by atoms with van der Waals surface area (Å²) in [6.07, 6.45) is -1.06. The average molecular weight is 897 g/mol. The number of anilines is 1. The van der Waals surface area contributed by atoms with Crippen molar-refractivity contribution in [2.75, 3.05) is 38.2 Å². The minimum atomic E-state index is -1.78. The number of carbonyl (C=O) groups excluding carboxylic acids is 10. The Kier molecular flexibility index (Phi) is 26.3. The van der Waals surface area contributed by atoms with Crippen LogP contribution in [-0.2, 0) is 54.4 Å². The first-order valence-corrected chi connectivity index (χ1v) is 19.7. The molecule has 0 saturated carbocycles. The van der Waals surface area contributed by atoms with Crippen LogP contribution in [-0.4, -0.2) is 162 Å². The van der Waals surface area contributed by atoms with Crippen molar-refractivity contribution in [3.8, 4) is 0 Å². The Balaban J connectivity index is 2.69. The number of nitrogens with two attached hydrogens (primary N) is 2. The molecule has 0 aliphatic rings. The maximum Gasteiger partial charge on any atom is 0.245 e. The molecule has 0 radical (unpaired) electrons. The van der Waals surface area contributed by atoms with Gasteiger partial charge in [-0.2, -0.15) is 0 Å². The van der Waals surface area contributed by atoms with Gasteiger partial charge in [0.25, 0.3) is 0 Å². The predicted molar refractivity (Wildman–Crippen MR) is 220 cm³/mol. The summed E-state index contributed by atoms with van der Waals surface area (Å²) in [5.41, 5.74) is 21.9. The fourth-order valence-corrected chi connectivity index (χ4v) is 5.29. The number of aldehydes is 2. The summed E-state index contributed by atoms with van der Waals surface area (Å²) < 4.78 is 0. The van der Waals surface area contributed by atoms with Crippen molar-refractivity contribution >= 4 is 65.5 Å². The first-order chi connectivity index (χ1) is 29.9. The van der Waals surface area contributed by atoms with Crippen molar-refractivity contribution in [3.63, 3.8) is 0 Å². The molecule has 352 valence electrons. The molecule has 26 nitrogen and oxygen atoms in total. The number of amides is 8. The molecule has 0 bridgehead atoms. The van der Waals surface area contributed by atoms with E-state index in [1.54, 1.807) is 24.3 Å². The maximum atomic E-state index is 13.1. The lowest BCUT2D eigenvalue weighted by atomic mass is 10.1. The molecule has 0 saturated heterocycles. The molecule has 8 atom stereocenters. The molecule has 26 heteroatoms. The summed E-state index contributed by atoms with van der Waals surface area (Å²) in [6.45, 7) is 0.627. The monoisotopic (exact) mass is 896 g/mol. The molecule has 18 N–H and O–H groups in total. The smallest absolute Gasteiger partial charge is 0.245 e. The maximum absolute atomic E-state index is 13.1. The van der Waals surface area contributed by atoms with Crippen LogP contribution < -0.4 is 65.1 Å². The summed E-state index contributed by atoms with van der Waals surface area (Å²) in [6, 6.07) is -2.73. The predicted octanol–water partition coefficient (Wildman–Crippen LogP) is -7.79. The van der Waals surface area contributed by atoms with Gasteiger partial charge in [-0.25, -0.2) is 21.7 Å². The van der Waals surface area contributed by atoms with Crippen LogP contribution in [0.15, 0.2) is 24.3 Å². The number of unbranched alkanes of at least 4 members (excludes halogenated alkanes) is 1. The molecule has 0 aromatic heterocycles. The highest BCUT2D eigenvalue weighted by Crippen LogP contribution is 2.12. The van der Waals surface area contributed by atoms with Crippen LogP contribution in [0.1, 0.15) is 51.5 Å². The second kappa shape index (κ2) is 30.1. The molecular weight excluding hydrogens is 836 g/mol. The third kappa shape index (κ3) is 22.1. The van der Waals surface area contributed by atoms with E-state index in [1.807, 2.05) is 0 Å². The standard InChI is InChI=1S/C37H60N12O14/c1-20(55)32(45-35(61)28(14-30(38)57)49-47-25(17-52)18-53)37(63)44-29(19-54)36(62)43-26(33(39)59)9-10-31(58)40-11-3-4-12-41-34(60)27(48-46-24(15-50)16-51)13-22-5-7-23(8-6-22)42-21(2)56/h5-8,15,17,20,24-29,32,46-49,51,53-55H,3-4,9-14,16,18-19H2,1-2H3,(H2,38,57)(H2,39,59)(H,40,58)(H,41,60)(H,42,56)(H,43,62)(H,44,63)(H,45,61)/t20-,24-,25-,26?,27?,28+,29+,32+/m1/s1. The van der Waals surface area contributed by atoms with E-state index >= 15 is 0 Å².